The number of hydrogen-bond donors (Lipinski definition) is 0. The minimum absolute atomic E-state index is 0.142. The van der Waals surface area contributed by atoms with Crippen LogP contribution in [0.4, 0.5) is 4.39 Å². The molecule has 0 radical (unpaired) electrons. The van der Waals surface area contributed by atoms with Gasteiger partial charge in [0, 0.05) is 13.2 Å². The molecule has 0 N–H and O–H groups in total. The fourth-order valence-electron chi connectivity index (χ4n) is 1.75. The zero-order chi connectivity index (χ0) is 13.1. The standard InChI is InChI=1S/C14H17FN2O/c1-10(2)13-8-12(4-5-14(13)15)18-9-11-6-7-17(3)16-11/h4-8,10H,9H2,1-3H3. The number of hydrogen-bond acceptors (Lipinski definition) is 2. The Morgan fingerprint density at radius 1 is 1.33 bits per heavy atom. The molecule has 4 heteroatoms. The van der Waals surface area contributed by atoms with Gasteiger partial charge in [-0.3, -0.25) is 4.68 Å². The number of halogens is 1. The maximum atomic E-state index is 13.5. The van der Waals surface area contributed by atoms with Crippen LogP contribution in [0.25, 0.3) is 0 Å². The van der Waals surface area contributed by atoms with Gasteiger partial charge in [0.05, 0.1) is 5.69 Å². The maximum absolute atomic E-state index is 13.5. The smallest absolute Gasteiger partial charge is 0.132 e. The molecule has 2 rings (SSSR count). The zero-order valence-corrected chi connectivity index (χ0v) is 10.9. The second-order valence-electron chi connectivity index (χ2n) is 4.61. The Bertz CT molecular complexity index is 534. The van der Waals surface area contributed by atoms with Crippen molar-refractivity contribution in [3.05, 3.63) is 47.5 Å². The molecule has 0 amide bonds. The van der Waals surface area contributed by atoms with Gasteiger partial charge in [0.25, 0.3) is 0 Å². The minimum atomic E-state index is -0.185. The van der Waals surface area contributed by atoms with Crippen LogP contribution in [0.3, 0.4) is 0 Å². The van der Waals surface area contributed by atoms with E-state index in [-0.39, 0.29) is 11.7 Å². The summed E-state index contributed by atoms with van der Waals surface area (Å²) >= 11 is 0. The highest BCUT2D eigenvalue weighted by Gasteiger charge is 2.08. The molecular formula is C14H17FN2O. The molecule has 0 saturated carbocycles. The van der Waals surface area contributed by atoms with Crippen LogP contribution < -0.4 is 4.74 Å². The van der Waals surface area contributed by atoms with Gasteiger partial charge in [0.2, 0.25) is 0 Å². The summed E-state index contributed by atoms with van der Waals surface area (Å²) in [6.07, 6.45) is 1.86. The van der Waals surface area contributed by atoms with Gasteiger partial charge in [0.15, 0.2) is 0 Å². The SMILES string of the molecule is CC(C)c1cc(OCc2ccn(C)n2)ccc1F. The molecule has 0 atom stereocenters. The summed E-state index contributed by atoms with van der Waals surface area (Å²) in [6.45, 7) is 4.31. The number of aromatic nitrogens is 2. The average molecular weight is 248 g/mol. The second-order valence-corrected chi connectivity index (χ2v) is 4.61. The molecule has 0 saturated heterocycles. The lowest BCUT2D eigenvalue weighted by molar-refractivity contribution is 0.299. The van der Waals surface area contributed by atoms with Gasteiger partial charge >= 0.3 is 0 Å². The number of nitrogens with zero attached hydrogens (tertiary/aromatic N) is 2. The van der Waals surface area contributed by atoms with E-state index in [4.69, 9.17) is 4.74 Å². The topological polar surface area (TPSA) is 27.1 Å². The highest BCUT2D eigenvalue weighted by molar-refractivity contribution is 5.31. The summed E-state index contributed by atoms with van der Waals surface area (Å²) in [4.78, 5) is 0. The highest BCUT2D eigenvalue weighted by atomic mass is 19.1. The van der Waals surface area contributed by atoms with Gasteiger partial charge in [-0.1, -0.05) is 13.8 Å². The predicted molar refractivity (Wildman–Crippen MR) is 68.0 cm³/mol. The molecule has 0 aliphatic rings. The molecule has 0 spiro atoms. The maximum Gasteiger partial charge on any atom is 0.132 e. The molecule has 18 heavy (non-hydrogen) atoms. The van der Waals surface area contributed by atoms with Crippen molar-refractivity contribution < 1.29 is 9.13 Å². The van der Waals surface area contributed by atoms with Crippen molar-refractivity contribution in [2.45, 2.75) is 26.4 Å². The van der Waals surface area contributed by atoms with Crippen LogP contribution in [0.15, 0.2) is 30.5 Å². The summed E-state index contributed by atoms with van der Waals surface area (Å²) in [6, 6.07) is 6.74. The van der Waals surface area contributed by atoms with Gasteiger partial charge in [-0.25, -0.2) is 4.39 Å². The third-order valence-electron chi connectivity index (χ3n) is 2.75. The highest BCUT2D eigenvalue weighted by Crippen LogP contribution is 2.24. The zero-order valence-electron chi connectivity index (χ0n) is 10.9. The first-order valence-electron chi connectivity index (χ1n) is 5.97. The van der Waals surface area contributed by atoms with Crippen LogP contribution in [0.1, 0.15) is 31.0 Å². The average Bonchev–Trinajstić information content (AvgIpc) is 2.74. The Kier molecular flexibility index (Phi) is 3.65. The Hall–Kier alpha value is -1.84. The van der Waals surface area contributed by atoms with E-state index < -0.39 is 0 Å². The molecule has 3 nitrogen and oxygen atoms in total. The first kappa shape index (κ1) is 12.6. The summed E-state index contributed by atoms with van der Waals surface area (Å²) in [5, 5.41) is 4.22. The third-order valence-corrected chi connectivity index (χ3v) is 2.75. The van der Waals surface area contributed by atoms with Crippen LogP contribution in [0, 0.1) is 5.82 Å². The summed E-state index contributed by atoms with van der Waals surface area (Å²) in [5.74, 6) is 0.629. The van der Waals surface area contributed by atoms with Crippen LogP contribution in [0.2, 0.25) is 0 Å². The van der Waals surface area contributed by atoms with Crippen molar-refractivity contribution in [2.75, 3.05) is 0 Å². The fourth-order valence-corrected chi connectivity index (χ4v) is 1.75. The van der Waals surface area contributed by atoms with Crippen molar-refractivity contribution in [3.63, 3.8) is 0 Å². The Morgan fingerprint density at radius 2 is 2.11 bits per heavy atom. The molecular weight excluding hydrogens is 231 g/mol. The second kappa shape index (κ2) is 5.21. The van der Waals surface area contributed by atoms with Crippen molar-refractivity contribution in [2.24, 2.45) is 7.05 Å². The van der Waals surface area contributed by atoms with Crippen LogP contribution in [-0.2, 0) is 13.7 Å². The third kappa shape index (κ3) is 2.88. The Morgan fingerprint density at radius 3 is 2.72 bits per heavy atom. The monoisotopic (exact) mass is 248 g/mol. The number of rotatable bonds is 4. The lowest BCUT2D eigenvalue weighted by atomic mass is 10.0. The van der Waals surface area contributed by atoms with Crippen LogP contribution >= 0.6 is 0 Å². The number of ether oxygens (including phenoxy) is 1. The van der Waals surface area contributed by atoms with Crippen molar-refractivity contribution >= 4 is 0 Å². The van der Waals surface area contributed by atoms with Gasteiger partial charge in [-0.05, 0) is 35.7 Å². The Labute approximate surface area is 106 Å². The van der Waals surface area contributed by atoms with E-state index in [0.29, 0.717) is 17.9 Å². The summed E-state index contributed by atoms with van der Waals surface area (Å²) in [5.41, 5.74) is 1.53. The van der Waals surface area contributed by atoms with Crippen molar-refractivity contribution in [1.29, 1.82) is 0 Å². The lowest BCUT2D eigenvalue weighted by Gasteiger charge is -2.10. The molecule has 1 aromatic carbocycles. The van der Waals surface area contributed by atoms with E-state index in [1.165, 1.54) is 6.07 Å². The van der Waals surface area contributed by atoms with Crippen molar-refractivity contribution in [1.82, 2.24) is 9.78 Å². The molecule has 0 unspecified atom stereocenters. The van der Waals surface area contributed by atoms with Gasteiger partial charge in [-0.2, -0.15) is 5.10 Å². The van der Waals surface area contributed by atoms with Crippen LogP contribution in [-0.4, -0.2) is 9.78 Å². The van der Waals surface area contributed by atoms with Gasteiger partial charge in [0.1, 0.15) is 18.2 Å². The van der Waals surface area contributed by atoms with E-state index in [1.807, 2.05) is 33.2 Å². The summed E-state index contributed by atoms with van der Waals surface area (Å²) < 4.78 is 20.8. The Balaban J connectivity index is 2.08. The molecule has 0 aliphatic carbocycles. The molecule has 1 heterocycles. The first-order valence-corrected chi connectivity index (χ1v) is 5.97. The first-order chi connectivity index (χ1) is 8.56. The molecule has 1 aromatic heterocycles. The largest absolute Gasteiger partial charge is 0.487 e. The van der Waals surface area contributed by atoms with Crippen LogP contribution in [0.5, 0.6) is 5.75 Å². The minimum Gasteiger partial charge on any atom is -0.487 e. The molecule has 96 valence electrons. The molecule has 2 aromatic rings. The van der Waals surface area contributed by atoms with Gasteiger partial charge in [-0.15, -0.1) is 0 Å². The quantitative estimate of drug-likeness (QED) is 0.830. The fraction of sp³-hybridized carbons (Fsp3) is 0.357. The normalized spacial score (nSPS) is 10.9. The summed E-state index contributed by atoms with van der Waals surface area (Å²) in [7, 11) is 1.86. The number of aryl methyl sites for hydroxylation is 1. The van der Waals surface area contributed by atoms with E-state index in [2.05, 4.69) is 5.10 Å². The molecule has 0 bridgehead atoms. The predicted octanol–water partition coefficient (Wildman–Crippen LogP) is 3.26. The van der Waals surface area contributed by atoms with Crippen molar-refractivity contribution in [3.8, 4) is 5.75 Å². The lowest BCUT2D eigenvalue weighted by Crippen LogP contribution is -2.00. The van der Waals surface area contributed by atoms with E-state index >= 15 is 0 Å². The van der Waals surface area contributed by atoms with E-state index in [1.54, 1.807) is 16.8 Å². The van der Waals surface area contributed by atoms with E-state index in [0.717, 1.165) is 5.69 Å². The van der Waals surface area contributed by atoms with Gasteiger partial charge < -0.3 is 4.74 Å². The number of benzene rings is 1. The van der Waals surface area contributed by atoms with E-state index in [9.17, 15) is 4.39 Å². The molecule has 0 fully saturated rings. The molecule has 0 aliphatic heterocycles.